The summed E-state index contributed by atoms with van der Waals surface area (Å²) in [5.41, 5.74) is 4.58. The van der Waals surface area contributed by atoms with Crippen molar-refractivity contribution in [3.05, 3.63) is 34.3 Å². The van der Waals surface area contributed by atoms with Crippen LogP contribution in [0.4, 0.5) is 0 Å². The number of rotatable bonds is 2. The highest BCUT2D eigenvalue weighted by Crippen LogP contribution is 2.14. The molecule has 0 aliphatic carbocycles. The van der Waals surface area contributed by atoms with Gasteiger partial charge in [-0.25, -0.2) is 4.79 Å². The Labute approximate surface area is 85.0 Å². The van der Waals surface area contributed by atoms with E-state index in [0.29, 0.717) is 0 Å². The van der Waals surface area contributed by atoms with Crippen LogP contribution in [0.5, 0.6) is 0 Å². The Kier molecular flexibility index (Phi) is 3.45. The van der Waals surface area contributed by atoms with Crippen molar-refractivity contribution in [3.63, 3.8) is 0 Å². The summed E-state index contributed by atoms with van der Waals surface area (Å²) in [4.78, 5) is 11.1. The van der Waals surface area contributed by atoms with E-state index in [9.17, 15) is 4.79 Å². The number of quaternary nitrogens is 1. The fourth-order valence-electron chi connectivity index (χ4n) is 0.973. The molecule has 0 aliphatic heterocycles. The molecule has 0 radical (unpaired) electrons. The van der Waals surface area contributed by atoms with Gasteiger partial charge >= 0.3 is 5.97 Å². The molecule has 1 aromatic rings. The molecular weight excluding hydrogens is 234 g/mol. The molecule has 0 heterocycles. The molecule has 13 heavy (non-hydrogen) atoms. The monoisotopic (exact) mass is 244 g/mol. The van der Waals surface area contributed by atoms with Gasteiger partial charge in [-0.1, -0.05) is 28.1 Å². The summed E-state index contributed by atoms with van der Waals surface area (Å²) >= 11 is 3.31. The van der Waals surface area contributed by atoms with Crippen LogP contribution >= 0.6 is 15.9 Å². The average Bonchev–Trinajstić information content (AvgIpc) is 2.17. The minimum absolute atomic E-state index is 0.317. The molecule has 0 fully saturated rings. The van der Waals surface area contributed by atoms with E-state index >= 15 is 0 Å². The molecule has 0 aliphatic rings. The summed E-state index contributed by atoms with van der Waals surface area (Å²) in [5, 5.41) is 0. The molecule has 1 atom stereocenters. The second-order valence-electron chi connectivity index (χ2n) is 2.63. The highest BCUT2D eigenvalue weighted by Gasteiger charge is 2.19. The first kappa shape index (κ1) is 10.2. The molecule has 3 N–H and O–H groups in total. The number of benzene rings is 1. The van der Waals surface area contributed by atoms with E-state index in [0.717, 1.165) is 10.0 Å². The van der Waals surface area contributed by atoms with E-state index in [1.54, 1.807) is 0 Å². The molecule has 0 spiro atoms. The molecule has 1 rings (SSSR count). The lowest BCUT2D eigenvalue weighted by molar-refractivity contribution is -0.414. The number of esters is 1. The van der Waals surface area contributed by atoms with Crippen LogP contribution in [0.1, 0.15) is 11.6 Å². The van der Waals surface area contributed by atoms with Gasteiger partial charge in [-0.15, -0.1) is 0 Å². The molecule has 3 nitrogen and oxygen atoms in total. The lowest BCUT2D eigenvalue weighted by Crippen LogP contribution is -2.57. The van der Waals surface area contributed by atoms with Crippen LogP contribution in [0.15, 0.2) is 28.7 Å². The third-order valence-electron chi connectivity index (χ3n) is 1.76. The van der Waals surface area contributed by atoms with Crippen molar-refractivity contribution >= 4 is 21.9 Å². The van der Waals surface area contributed by atoms with Crippen molar-refractivity contribution in [2.75, 3.05) is 7.11 Å². The van der Waals surface area contributed by atoms with E-state index < -0.39 is 6.04 Å². The van der Waals surface area contributed by atoms with Crippen LogP contribution in [0, 0.1) is 0 Å². The van der Waals surface area contributed by atoms with Crippen molar-refractivity contribution in [1.29, 1.82) is 0 Å². The third-order valence-corrected chi connectivity index (χ3v) is 2.29. The maximum Gasteiger partial charge on any atom is 0.369 e. The second-order valence-corrected chi connectivity index (χ2v) is 3.54. The lowest BCUT2D eigenvalue weighted by atomic mass is 10.1. The van der Waals surface area contributed by atoms with E-state index in [4.69, 9.17) is 0 Å². The molecule has 0 bridgehead atoms. The van der Waals surface area contributed by atoms with Crippen LogP contribution in [-0.4, -0.2) is 13.1 Å². The Morgan fingerprint density at radius 1 is 1.46 bits per heavy atom. The minimum atomic E-state index is -0.446. The zero-order valence-corrected chi connectivity index (χ0v) is 8.87. The SMILES string of the molecule is COC(=O)[C@H]([NH3+])c1ccc(Br)cc1. The zero-order valence-electron chi connectivity index (χ0n) is 7.29. The van der Waals surface area contributed by atoms with Crippen LogP contribution in [0.3, 0.4) is 0 Å². The summed E-state index contributed by atoms with van der Waals surface area (Å²) in [6.07, 6.45) is 0. The molecule has 0 amide bonds. The molecular formula is C9H11BrNO2+. The summed E-state index contributed by atoms with van der Waals surface area (Å²) in [5.74, 6) is -0.317. The van der Waals surface area contributed by atoms with E-state index in [1.807, 2.05) is 24.3 Å². The number of halogens is 1. The van der Waals surface area contributed by atoms with Gasteiger partial charge in [0.2, 0.25) is 6.04 Å². The quantitative estimate of drug-likeness (QED) is 0.787. The lowest BCUT2D eigenvalue weighted by Gasteiger charge is -2.05. The van der Waals surface area contributed by atoms with Crippen molar-refractivity contribution < 1.29 is 15.3 Å². The predicted octanol–water partition coefficient (Wildman–Crippen LogP) is 0.905. The minimum Gasteiger partial charge on any atom is -0.464 e. The van der Waals surface area contributed by atoms with E-state index in [2.05, 4.69) is 26.4 Å². The van der Waals surface area contributed by atoms with Crippen molar-refractivity contribution in [1.82, 2.24) is 0 Å². The first-order valence-corrected chi connectivity index (χ1v) is 4.61. The summed E-state index contributed by atoms with van der Waals surface area (Å²) in [6, 6.07) is 6.99. The third kappa shape index (κ3) is 2.54. The normalized spacial score (nSPS) is 12.2. The maximum atomic E-state index is 11.1. The fourth-order valence-corrected chi connectivity index (χ4v) is 1.24. The number of hydrogen-bond acceptors (Lipinski definition) is 2. The molecule has 1 aromatic carbocycles. The van der Waals surface area contributed by atoms with Gasteiger partial charge in [0.05, 0.1) is 7.11 Å². The van der Waals surface area contributed by atoms with Gasteiger partial charge in [0, 0.05) is 10.0 Å². The van der Waals surface area contributed by atoms with Gasteiger partial charge in [0.1, 0.15) is 0 Å². The molecule has 0 aromatic heterocycles. The Balaban J connectivity index is 2.83. The Morgan fingerprint density at radius 2 is 2.00 bits per heavy atom. The first-order valence-electron chi connectivity index (χ1n) is 3.81. The van der Waals surface area contributed by atoms with Gasteiger partial charge in [0.15, 0.2) is 0 Å². The number of methoxy groups -OCH3 is 1. The molecule has 4 heteroatoms. The molecule has 0 unspecified atom stereocenters. The van der Waals surface area contributed by atoms with Crippen molar-refractivity contribution in [3.8, 4) is 0 Å². The van der Waals surface area contributed by atoms with Crippen LogP contribution in [-0.2, 0) is 9.53 Å². The fraction of sp³-hybridized carbons (Fsp3) is 0.222. The Hall–Kier alpha value is -0.870. The topological polar surface area (TPSA) is 53.9 Å². The highest BCUT2D eigenvalue weighted by atomic mass is 79.9. The van der Waals surface area contributed by atoms with Crippen LogP contribution in [0.25, 0.3) is 0 Å². The van der Waals surface area contributed by atoms with Gasteiger partial charge in [0.25, 0.3) is 0 Å². The van der Waals surface area contributed by atoms with Gasteiger partial charge in [-0.2, -0.15) is 0 Å². The molecule has 0 saturated heterocycles. The Bertz CT molecular complexity index is 297. The molecule has 0 saturated carbocycles. The van der Waals surface area contributed by atoms with E-state index in [-0.39, 0.29) is 5.97 Å². The van der Waals surface area contributed by atoms with Crippen LogP contribution in [0.2, 0.25) is 0 Å². The zero-order chi connectivity index (χ0) is 9.84. The number of carbonyl (C=O) groups excluding carboxylic acids is 1. The average molecular weight is 245 g/mol. The summed E-state index contributed by atoms with van der Waals surface area (Å²) in [7, 11) is 1.36. The van der Waals surface area contributed by atoms with Crippen molar-refractivity contribution in [2.24, 2.45) is 0 Å². The highest BCUT2D eigenvalue weighted by molar-refractivity contribution is 9.10. The maximum absolute atomic E-state index is 11.1. The number of carbonyl (C=O) groups is 1. The van der Waals surface area contributed by atoms with Crippen molar-refractivity contribution in [2.45, 2.75) is 6.04 Å². The first-order chi connectivity index (χ1) is 6.15. The molecule has 70 valence electrons. The predicted molar refractivity (Wildman–Crippen MR) is 51.8 cm³/mol. The number of ether oxygens (including phenoxy) is 1. The summed E-state index contributed by atoms with van der Waals surface area (Å²) in [6.45, 7) is 0. The van der Waals surface area contributed by atoms with Gasteiger partial charge in [-0.05, 0) is 12.1 Å². The van der Waals surface area contributed by atoms with Crippen LogP contribution < -0.4 is 5.73 Å². The van der Waals surface area contributed by atoms with Gasteiger partial charge < -0.3 is 10.5 Å². The second kappa shape index (κ2) is 4.39. The standard InChI is InChI=1S/C9H10BrNO2/c1-13-9(12)8(11)6-2-4-7(10)5-3-6/h2-5,8H,11H2,1H3/p+1/t8-/m1/s1. The smallest absolute Gasteiger partial charge is 0.369 e. The van der Waals surface area contributed by atoms with Gasteiger partial charge in [-0.3, -0.25) is 0 Å². The Morgan fingerprint density at radius 3 is 2.46 bits per heavy atom. The number of hydrogen-bond donors (Lipinski definition) is 1. The van der Waals surface area contributed by atoms with E-state index in [1.165, 1.54) is 7.11 Å². The summed E-state index contributed by atoms with van der Waals surface area (Å²) < 4.78 is 5.56. The largest absolute Gasteiger partial charge is 0.464 e.